The lowest BCUT2D eigenvalue weighted by Crippen LogP contribution is -2.21. The van der Waals surface area contributed by atoms with E-state index in [1.54, 1.807) is 0 Å². The molecule has 0 radical (unpaired) electrons. The Hall–Kier alpha value is -1.11. The fourth-order valence-electron chi connectivity index (χ4n) is 1.34. The molecule has 0 fully saturated rings. The van der Waals surface area contributed by atoms with Crippen LogP contribution >= 0.6 is 0 Å². The zero-order valence-electron chi connectivity index (χ0n) is 7.23. The van der Waals surface area contributed by atoms with Gasteiger partial charge < -0.3 is 9.62 Å². The fraction of sp³-hybridized carbons (Fsp3) is 0.250. The molecule has 0 aliphatic heterocycles. The van der Waals surface area contributed by atoms with E-state index < -0.39 is 10.0 Å². The molecule has 76 valence electrons. The Balaban J connectivity index is 2.66. The maximum Gasteiger partial charge on any atom is 0.295 e. The summed E-state index contributed by atoms with van der Waals surface area (Å²) in [6.45, 7) is 0. The summed E-state index contributed by atoms with van der Waals surface area (Å²) in [4.78, 5) is 1.22. The molecule has 14 heavy (non-hydrogen) atoms. The van der Waals surface area contributed by atoms with Crippen molar-refractivity contribution < 1.29 is 18.0 Å². The van der Waals surface area contributed by atoms with Gasteiger partial charge in [0.25, 0.3) is 10.0 Å². The van der Waals surface area contributed by atoms with Crippen LogP contribution in [0, 0.1) is 0 Å². The van der Waals surface area contributed by atoms with Gasteiger partial charge in [0.15, 0.2) is 0 Å². The Morgan fingerprint density at radius 1 is 1.36 bits per heavy atom. The first-order valence-electron chi connectivity index (χ1n) is 4.09. The van der Waals surface area contributed by atoms with Crippen molar-refractivity contribution in [3.63, 3.8) is 0 Å². The van der Waals surface area contributed by atoms with E-state index in [-0.39, 0.29) is 5.09 Å². The Labute approximate surface area is 80.4 Å². The van der Waals surface area contributed by atoms with Gasteiger partial charge in [-0.1, -0.05) is 11.0 Å². The van der Waals surface area contributed by atoms with Crippen molar-refractivity contribution in [2.75, 3.05) is 0 Å². The molecule has 0 unspecified atom stereocenters. The van der Waals surface area contributed by atoms with Gasteiger partial charge in [-0.15, -0.1) is 0 Å². The summed E-state index contributed by atoms with van der Waals surface area (Å²) in [5.41, 5.74) is 0.546. The second-order valence-electron chi connectivity index (χ2n) is 2.97. The minimum atomic E-state index is -3.89. The lowest BCUT2D eigenvalue weighted by Gasteiger charge is -1.93. The third-order valence-corrected chi connectivity index (χ3v) is 2.99. The quantitative estimate of drug-likeness (QED) is 0.639. The van der Waals surface area contributed by atoms with Crippen molar-refractivity contribution in [3.05, 3.63) is 16.7 Å². The molecule has 6 heteroatoms. The van der Waals surface area contributed by atoms with E-state index in [0.29, 0.717) is 5.42 Å². The van der Waals surface area contributed by atoms with Crippen LogP contribution in [-0.2, 0) is 10.0 Å². The first-order chi connectivity index (χ1) is 6.63. The predicted octanol–water partition coefficient (Wildman–Crippen LogP) is -0.698. The first-order valence-corrected chi connectivity index (χ1v) is 5.58. The van der Waals surface area contributed by atoms with Crippen molar-refractivity contribution in [1.29, 1.82) is 0 Å². The highest BCUT2D eigenvalue weighted by molar-refractivity contribution is 7.89. The van der Waals surface area contributed by atoms with Gasteiger partial charge in [-0.3, -0.25) is 0 Å². The number of hydrogen-bond acceptors (Lipinski definition) is 4. The van der Waals surface area contributed by atoms with E-state index >= 15 is 0 Å². The molecule has 0 bridgehead atoms. The van der Waals surface area contributed by atoms with Crippen molar-refractivity contribution >= 4 is 22.2 Å². The average molecular weight is 215 g/mol. The largest absolute Gasteiger partial charge is 0.444 e. The van der Waals surface area contributed by atoms with E-state index in [0.717, 1.165) is 18.1 Å². The normalized spacial score (nSPS) is 15.5. The summed E-state index contributed by atoms with van der Waals surface area (Å²) in [6, 6.07) is 1.39. The maximum absolute atomic E-state index is 11.1. The first kappa shape index (κ1) is 9.45. The van der Waals surface area contributed by atoms with Crippen LogP contribution in [0.1, 0.15) is 12.8 Å². The van der Waals surface area contributed by atoms with Crippen LogP contribution in [0.15, 0.2) is 15.6 Å². The van der Waals surface area contributed by atoms with Crippen LogP contribution in [0.2, 0.25) is 0 Å². The molecule has 1 aliphatic carbocycles. The highest BCUT2D eigenvalue weighted by atomic mass is 32.2. The molecule has 2 N–H and O–H groups in total. The summed E-state index contributed by atoms with van der Waals surface area (Å²) < 4.78 is 27.3. The Morgan fingerprint density at radius 3 is 2.71 bits per heavy atom. The molecule has 0 atom stereocenters. The van der Waals surface area contributed by atoms with Crippen LogP contribution < -0.4 is 15.5 Å². The molecule has 0 aromatic carbocycles. The van der Waals surface area contributed by atoms with Gasteiger partial charge in [0.2, 0.25) is 5.09 Å². The van der Waals surface area contributed by atoms with Crippen LogP contribution in [0.4, 0.5) is 0 Å². The number of sulfonamides is 1. The van der Waals surface area contributed by atoms with Crippen LogP contribution in [0.25, 0.3) is 12.2 Å². The number of nitrogens with one attached hydrogen (secondary N) is 1. The summed E-state index contributed by atoms with van der Waals surface area (Å²) in [5, 5.41) is 8.88. The topological polar surface area (TPSA) is 79.5 Å². The summed E-state index contributed by atoms with van der Waals surface area (Å²) in [5.74, 6) is 0. The molecular formula is C8H9NO4S. The van der Waals surface area contributed by atoms with Crippen LogP contribution in [0.3, 0.4) is 0 Å². The van der Waals surface area contributed by atoms with E-state index in [4.69, 9.17) is 9.62 Å². The fourth-order valence-corrected chi connectivity index (χ4v) is 1.92. The highest BCUT2D eigenvalue weighted by Gasteiger charge is 2.17. The Morgan fingerprint density at radius 2 is 2.07 bits per heavy atom. The molecule has 0 saturated carbocycles. The number of hydrogen-bond donors (Lipinski definition) is 2. The molecule has 0 saturated heterocycles. The molecule has 1 heterocycles. The number of furan rings is 1. The minimum Gasteiger partial charge on any atom is -0.444 e. The van der Waals surface area contributed by atoms with E-state index in [1.165, 1.54) is 11.0 Å². The Kier molecular flexibility index (Phi) is 2.18. The summed E-state index contributed by atoms with van der Waals surface area (Å²) in [6.07, 6.45) is 5.44. The van der Waals surface area contributed by atoms with Crippen molar-refractivity contribution in [2.45, 2.75) is 17.9 Å². The third kappa shape index (κ3) is 1.47. The molecule has 1 aliphatic rings. The second kappa shape index (κ2) is 3.23. The maximum atomic E-state index is 11.1. The van der Waals surface area contributed by atoms with Gasteiger partial charge in [-0.05, 0) is 18.9 Å². The lowest BCUT2D eigenvalue weighted by atomic mass is 10.2. The smallest absolute Gasteiger partial charge is 0.295 e. The standard InChI is InChI=1S/C8H9NO4S/c10-9-14(11,12)8-5-6-3-1-2-4-7(6)13-8/h3-5,9-10H,1-2H2. The average Bonchev–Trinajstić information content (AvgIpc) is 2.61. The van der Waals surface area contributed by atoms with Crippen LogP contribution in [-0.4, -0.2) is 13.6 Å². The van der Waals surface area contributed by atoms with Crippen molar-refractivity contribution in [3.8, 4) is 0 Å². The monoisotopic (exact) mass is 215 g/mol. The zero-order valence-corrected chi connectivity index (χ0v) is 8.04. The molecule has 1 aromatic rings. The molecular weight excluding hydrogens is 206 g/mol. The number of fused-ring (bicyclic) bond motifs is 1. The van der Waals surface area contributed by atoms with Gasteiger partial charge in [0.05, 0.1) is 0 Å². The third-order valence-electron chi connectivity index (χ3n) is 2.01. The lowest BCUT2D eigenvalue weighted by molar-refractivity contribution is 0.238. The number of rotatable bonds is 2. The highest BCUT2D eigenvalue weighted by Crippen LogP contribution is 2.04. The van der Waals surface area contributed by atoms with Gasteiger partial charge in [-0.2, -0.15) is 0 Å². The van der Waals surface area contributed by atoms with Gasteiger partial charge in [0.1, 0.15) is 5.42 Å². The van der Waals surface area contributed by atoms with Gasteiger partial charge >= 0.3 is 0 Å². The second-order valence-corrected chi connectivity index (χ2v) is 4.56. The molecule has 0 spiro atoms. The SMILES string of the molecule is O=S(=O)(NO)c1cc2c(o1)=CCCC=2. The molecule has 0 amide bonds. The zero-order chi connectivity index (χ0) is 10.2. The summed E-state index contributed by atoms with van der Waals surface area (Å²) >= 11 is 0. The van der Waals surface area contributed by atoms with Crippen molar-refractivity contribution in [2.24, 2.45) is 0 Å². The minimum absolute atomic E-state index is 0.264. The van der Waals surface area contributed by atoms with Crippen molar-refractivity contribution in [1.82, 2.24) is 4.89 Å². The van der Waals surface area contributed by atoms with Crippen LogP contribution in [0.5, 0.6) is 0 Å². The van der Waals surface area contributed by atoms with E-state index in [2.05, 4.69) is 0 Å². The van der Waals surface area contributed by atoms with Gasteiger partial charge in [0, 0.05) is 11.3 Å². The Bertz CT molecular complexity index is 521. The summed E-state index contributed by atoms with van der Waals surface area (Å²) in [7, 11) is -3.89. The molecule has 1 aromatic heterocycles. The van der Waals surface area contributed by atoms with Gasteiger partial charge in [-0.25, -0.2) is 8.42 Å². The van der Waals surface area contributed by atoms with E-state index in [1.807, 2.05) is 12.2 Å². The molecule has 5 nitrogen and oxygen atoms in total. The predicted molar refractivity (Wildman–Crippen MR) is 48.2 cm³/mol. The molecule has 2 rings (SSSR count). The van der Waals surface area contributed by atoms with E-state index in [9.17, 15) is 8.42 Å².